The average molecular weight is 217 g/mol. The molecule has 0 aliphatic carbocycles. The smallest absolute Gasteiger partial charge is 0.124 e. The van der Waals surface area contributed by atoms with E-state index in [1.165, 1.54) is 5.52 Å². The van der Waals surface area contributed by atoms with E-state index in [2.05, 4.69) is 46.9 Å². The van der Waals surface area contributed by atoms with Gasteiger partial charge in [-0.1, -0.05) is 19.1 Å². The summed E-state index contributed by atoms with van der Waals surface area (Å²) < 4.78 is 2.34. The fourth-order valence-corrected chi connectivity index (χ4v) is 2.05. The van der Waals surface area contributed by atoms with Gasteiger partial charge in [-0.15, -0.1) is 0 Å². The fourth-order valence-electron chi connectivity index (χ4n) is 2.05. The van der Waals surface area contributed by atoms with Crippen molar-refractivity contribution in [3.8, 4) is 0 Å². The minimum atomic E-state index is 0.496. The summed E-state index contributed by atoms with van der Waals surface area (Å²) in [6, 6.07) is 8.84. The number of aromatic nitrogens is 2. The van der Waals surface area contributed by atoms with Crippen LogP contribution < -0.4 is 5.32 Å². The average Bonchev–Trinajstić information content (AvgIpc) is 2.66. The summed E-state index contributed by atoms with van der Waals surface area (Å²) in [5.41, 5.74) is 2.33. The van der Waals surface area contributed by atoms with Crippen LogP contribution in [0.15, 0.2) is 24.3 Å². The molecule has 1 aromatic carbocycles. The van der Waals surface area contributed by atoms with Gasteiger partial charge >= 0.3 is 0 Å². The largest absolute Gasteiger partial charge is 0.324 e. The summed E-state index contributed by atoms with van der Waals surface area (Å²) in [6.07, 6.45) is 1.12. The van der Waals surface area contributed by atoms with Crippen molar-refractivity contribution < 1.29 is 0 Å². The van der Waals surface area contributed by atoms with Crippen LogP contribution in [0.1, 0.15) is 32.1 Å². The highest BCUT2D eigenvalue weighted by Crippen LogP contribution is 2.22. The van der Waals surface area contributed by atoms with Gasteiger partial charge in [0.15, 0.2) is 0 Å². The molecule has 86 valence electrons. The third kappa shape index (κ3) is 1.83. The Balaban J connectivity index is 2.59. The number of hydrogen-bond acceptors (Lipinski definition) is 2. The van der Waals surface area contributed by atoms with Crippen LogP contribution in [0.5, 0.6) is 0 Å². The predicted molar refractivity (Wildman–Crippen MR) is 67.5 cm³/mol. The Hall–Kier alpha value is -1.35. The van der Waals surface area contributed by atoms with Crippen LogP contribution in [0.4, 0.5) is 0 Å². The lowest BCUT2D eigenvalue weighted by atomic mass is 10.2. The summed E-state index contributed by atoms with van der Waals surface area (Å²) in [5, 5.41) is 3.18. The van der Waals surface area contributed by atoms with Crippen molar-refractivity contribution in [3.05, 3.63) is 30.1 Å². The van der Waals surface area contributed by atoms with Gasteiger partial charge in [0.25, 0.3) is 0 Å². The Labute approximate surface area is 96.5 Å². The molecule has 16 heavy (non-hydrogen) atoms. The van der Waals surface area contributed by atoms with Crippen LogP contribution in [0.2, 0.25) is 0 Å². The Morgan fingerprint density at radius 1 is 1.38 bits per heavy atom. The minimum Gasteiger partial charge on any atom is -0.324 e. The van der Waals surface area contributed by atoms with E-state index < -0.39 is 0 Å². The zero-order chi connectivity index (χ0) is 11.5. The van der Waals surface area contributed by atoms with Crippen LogP contribution in [-0.2, 0) is 6.54 Å². The highest BCUT2D eigenvalue weighted by atomic mass is 15.1. The molecule has 3 nitrogen and oxygen atoms in total. The van der Waals surface area contributed by atoms with Gasteiger partial charge < -0.3 is 9.88 Å². The molecule has 2 aromatic rings. The zero-order valence-corrected chi connectivity index (χ0v) is 10.2. The first-order valence-corrected chi connectivity index (χ1v) is 5.88. The van der Waals surface area contributed by atoms with Gasteiger partial charge in [-0.2, -0.15) is 0 Å². The molecule has 0 radical (unpaired) electrons. The van der Waals surface area contributed by atoms with Crippen LogP contribution in [0.25, 0.3) is 11.0 Å². The Morgan fingerprint density at radius 3 is 2.81 bits per heavy atom. The van der Waals surface area contributed by atoms with Gasteiger partial charge in [-0.05, 0) is 32.5 Å². The number of benzene rings is 1. The lowest BCUT2D eigenvalue weighted by molar-refractivity contribution is 0.514. The molecule has 3 heteroatoms. The second-order valence-electron chi connectivity index (χ2n) is 4.17. The molecule has 1 unspecified atom stereocenters. The maximum absolute atomic E-state index is 4.67. The number of para-hydroxylation sites is 2. The van der Waals surface area contributed by atoms with E-state index in [0.29, 0.717) is 6.04 Å². The van der Waals surface area contributed by atoms with E-state index in [4.69, 9.17) is 0 Å². The SMILES string of the molecule is CCC(C)n1c(CNC)nc2ccccc21. The molecule has 1 atom stereocenters. The van der Waals surface area contributed by atoms with E-state index >= 15 is 0 Å². The van der Waals surface area contributed by atoms with Crippen LogP contribution in [-0.4, -0.2) is 16.6 Å². The van der Waals surface area contributed by atoms with Crippen molar-refractivity contribution in [2.75, 3.05) is 7.05 Å². The van der Waals surface area contributed by atoms with E-state index in [1.54, 1.807) is 0 Å². The summed E-state index contributed by atoms with van der Waals surface area (Å²) in [7, 11) is 1.96. The van der Waals surface area contributed by atoms with Crippen molar-refractivity contribution in [2.24, 2.45) is 0 Å². The predicted octanol–water partition coefficient (Wildman–Crippen LogP) is 2.73. The van der Waals surface area contributed by atoms with E-state index in [1.807, 2.05) is 13.1 Å². The third-order valence-electron chi connectivity index (χ3n) is 3.04. The molecule has 0 amide bonds. The quantitative estimate of drug-likeness (QED) is 0.853. The van der Waals surface area contributed by atoms with Gasteiger partial charge in [0, 0.05) is 6.04 Å². The zero-order valence-electron chi connectivity index (χ0n) is 10.2. The Kier molecular flexibility index (Phi) is 3.25. The number of imidazole rings is 1. The molecule has 2 rings (SSSR count). The second-order valence-corrected chi connectivity index (χ2v) is 4.17. The molecule has 0 saturated heterocycles. The van der Waals surface area contributed by atoms with Crippen LogP contribution >= 0.6 is 0 Å². The molecule has 1 N–H and O–H groups in total. The first-order chi connectivity index (χ1) is 7.77. The standard InChI is InChI=1S/C13H19N3/c1-4-10(2)16-12-8-6-5-7-11(12)15-13(16)9-14-3/h5-8,10,14H,4,9H2,1-3H3. The van der Waals surface area contributed by atoms with Gasteiger partial charge in [-0.25, -0.2) is 4.98 Å². The van der Waals surface area contributed by atoms with Crippen LogP contribution in [0, 0.1) is 0 Å². The minimum absolute atomic E-state index is 0.496. The maximum Gasteiger partial charge on any atom is 0.124 e. The topological polar surface area (TPSA) is 29.9 Å². The summed E-state index contributed by atoms with van der Waals surface area (Å²) in [6.45, 7) is 5.27. The summed E-state index contributed by atoms with van der Waals surface area (Å²) in [5.74, 6) is 1.12. The van der Waals surface area contributed by atoms with Crippen molar-refractivity contribution in [1.82, 2.24) is 14.9 Å². The number of fused-ring (bicyclic) bond motifs is 1. The number of nitrogens with zero attached hydrogens (tertiary/aromatic N) is 2. The highest BCUT2D eigenvalue weighted by Gasteiger charge is 2.13. The van der Waals surface area contributed by atoms with Gasteiger partial charge in [0.05, 0.1) is 17.6 Å². The number of hydrogen-bond donors (Lipinski definition) is 1. The molecule has 0 aliphatic heterocycles. The number of nitrogens with one attached hydrogen (secondary N) is 1. The number of rotatable bonds is 4. The van der Waals surface area contributed by atoms with E-state index in [0.717, 1.165) is 24.3 Å². The third-order valence-corrected chi connectivity index (χ3v) is 3.04. The van der Waals surface area contributed by atoms with Crippen molar-refractivity contribution in [2.45, 2.75) is 32.9 Å². The van der Waals surface area contributed by atoms with E-state index in [9.17, 15) is 0 Å². The van der Waals surface area contributed by atoms with Crippen molar-refractivity contribution in [3.63, 3.8) is 0 Å². The maximum atomic E-state index is 4.67. The molecule has 0 spiro atoms. The van der Waals surface area contributed by atoms with Gasteiger partial charge in [0.1, 0.15) is 5.82 Å². The molecular weight excluding hydrogens is 198 g/mol. The first kappa shape index (κ1) is 11.1. The molecule has 1 aromatic heterocycles. The molecule has 0 aliphatic rings. The molecule has 1 heterocycles. The molecule has 0 bridgehead atoms. The fraction of sp³-hybridized carbons (Fsp3) is 0.462. The second kappa shape index (κ2) is 4.66. The highest BCUT2D eigenvalue weighted by molar-refractivity contribution is 5.76. The van der Waals surface area contributed by atoms with Gasteiger partial charge in [0.2, 0.25) is 0 Å². The monoisotopic (exact) mass is 217 g/mol. The molecule has 0 saturated carbocycles. The molecule has 0 fully saturated rings. The van der Waals surface area contributed by atoms with Gasteiger partial charge in [-0.3, -0.25) is 0 Å². The van der Waals surface area contributed by atoms with Crippen molar-refractivity contribution in [1.29, 1.82) is 0 Å². The lowest BCUT2D eigenvalue weighted by Gasteiger charge is -2.15. The Morgan fingerprint density at radius 2 is 2.12 bits per heavy atom. The van der Waals surface area contributed by atoms with Crippen LogP contribution in [0.3, 0.4) is 0 Å². The normalized spacial score (nSPS) is 13.2. The first-order valence-electron chi connectivity index (χ1n) is 5.88. The summed E-state index contributed by atoms with van der Waals surface area (Å²) >= 11 is 0. The van der Waals surface area contributed by atoms with Crippen molar-refractivity contribution >= 4 is 11.0 Å². The summed E-state index contributed by atoms with van der Waals surface area (Å²) in [4.78, 5) is 4.67. The Bertz CT molecular complexity index is 473. The lowest BCUT2D eigenvalue weighted by Crippen LogP contribution is -2.14. The van der Waals surface area contributed by atoms with E-state index in [-0.39, 0.29) is 0 Å². The molecular formula is C13H19N3.